The maximum Gasteiger partial charge on any atom is 0.234 e. The number of methoxy groups -OCH3 is 2. The van der Waals surface area contributed by atoms with Crippen LogP contribution in [0.25, 0.3) is 0 Å². The van der Waals surface area contributed by atoms with E-state index < -0.39 is 0 Å². The van der Waals surface area contributed by atoms with Gasteiger partial charge in [-0.25, -0.2) is 0 Å². The molecule has 122 valence electrons. The van der Waals surface area contributed by atoms with Crippen molar-refractivity contribution in [1.29, 1.82) is 0 Å². The summed E-state index contributed by atoms with van der Waals surface area (Å²) in [5.74, 6) is 2.15. The number of carbonyl (C=O) groups is 1. The quantitative estimate of drug-likeness (QED) is 0.811. The number of benzene rings is 2. The van der Waals surface area contributed by atoms with Crippen LogP contribution >= 0.6 is 23.4 Å². The highest BCUT2D eigenvalue weighted by Gasteiger charge is 2.09. The summed E-state index contributed by atoms with van der Waals surface area (Å²) in [6.07, 6.45) is 0. The molecule has 0 heterocycles. The van der Waals surface area contributed by atoms with E-state index in [4.69, 9.17) is 21.1 Å². The van der Waals surface area contributed by atoms with Crippen LogP contribution < -0.4 is 14.8 Å². The number of carbonyl (C=O) groups excluding carboxylic acids is 1. The van der Waals surface area contributed by atoms with Gasteiger partial charge in [0.1, 0.15) is 11.5 Å². The number of hydrogen-bond acceptors (Lipinski definition) is 4. The number of ether oxygens (including phenoxy) is 2. The van der Waals surface area contributed by atoms with Crippen LogP contribution in [0.3, 0.4) is 0 Å². The van der Waals surface area contributed by atoms with Crippen molar-refractivity contribution in [1.82, 2.24) is 0 Å². The van der Waals surface area contributed by atoms with E-state index in [0.29, 0.717) is 28.7 Å². The summed E-state index contributed by atoms with van der Waals surface area (Å²) in [6.45, 7) is 0. The van der Waals surface area contributed by atoms with Gasteiger partial charge >= 0.3 is 0 Å². The fourth-order valence-electron chi connectivity index (χ4n) is 1.97. The van der Waals surface area contributed by atoms with Crippen LogP contribution in [0.15, 0.2) is 42.5 Å². The van der Waals surface area contributed by atoms with Crippen LogP contribution in [0.1, 0.15) is 5.56 Å². The van der Waals surface area contributed by atoms with Crippen LogP contribution in [0.2, 0.25) is 5.02 Å². The Kier molecular flexibility index (Phi) is 6.62. The van der Waals surface area contributed by atoms with E-state index in [1.807, 2.05) is 24.3 Å². The maximum absolute atomic E-state index is 12.1. The summed E-state index contributed by atoms with van der Waals surface area (Å²) >= 11 is 7.60. The van der Waals surface area contributed by atoms with Crippen molar-refractivity contribution < 1.29 is 14.3 Å². The van der Waals surface area contributed by atoms with Gasteiger partial charge in [-0.3, -0.25) is 4.79 Å². The maximum atomic E-state index is 12.1. The van der Waals surface area contributed by atoms with Gasteiger partial charge in [-0.2, -0.15) is 0 Å². The van der Waals surface area contributed by atoms with E-state index in [-0.39, 0.29) is 5.91 Å². The molecule has 0 fully saturated rings. The Morgan fingerprint density at radius 2 is 1.96 bits per heavy atom. The number of rotatable bonds is 7. The molecule has 4 nitrogen and oxygen atoms in total. The van der Waals surface area contributed by atoms with Crippen LogP contribution in [0.4, 0.5) is 5.69 Å². The smallest absolute Gasteiger partial charge is 0.234 e. The van der Waals surface area contributed by atoms with E-state index in [9.17, 15) is 4.79 Å². The van der Waals surface area contributed by atoms with Crippen LogP contribution in [-0.4, -0.2) is 25.9 Å². The van der Waals surface area contributed by atoms with Crippen molar-refractivity contribution >= 4 is 35.0 Å². The molecule has 0 aliphatic heterocycles. The Balaban J connectivity index is 1.91. The summed E-state index contributed by atoms with van der Waals surface area (Å²) in [7, 11) is 3.14. The van der Waals surface area contributed by atoms with Gasteiger partial charge in [0.15, 0.2) is 0 Å². The highest BCUT2D eigenvalue weighted by atomic mass is 35.5. The molecule has 2 aromatic carbocycles. The van der Waals surface area contributed by atoms with Gasteiger partial charge in [0, 0.05) is 16.8 Å². The van der Waals surface area contributed by atoms with Crippen LogP contribution in [-0.2, 0) is 10.5 Å². The summed E-state index contributed by atoms with van der Waals surface area (Å²) in [5, 5.41) is 3.56. The van der Waals surface area contributed by atoms with Gasteiger partial charge in [0.25, 0.3) is 0 Å². The fraction of sp³-hybridized carbons (Fsp3) is 0.235. The van der Waals surface area contributed by atoms with Gasteiger partial charge in [0.05, 0.1) is 25.7 Å². The highest BCUT2D eigenvalue weighted by molar-refractivity contribution is 7.99. The highest BCUT2D eigenvalue weighted by Crippen LogP contribution is 2.29. The molecule has 0 saturated heterocycles. The minimum atomic E-state index is -0.103. The van der Waals surface area contributed by atoms with E-state index in [1.54, 1.807) is 32.4 Å². The Morgan fingerprint density at radius 1 is 1.17 bits per heavy atom. The van der Waals surface area contributed by atoms with Crippen molar-refractivity contribution in [3.05, 3.63) is 53.1 Å². The third-order valence-corrected chi connectivity index (χ3v) is 4.48. The van der Waals surface area contributed by atoms with Crippen molar-refractivity contribution in [2.24, 2.45) is 0 Å². The van der Waals surface area contributed by atoms with E-state index in [0.717, 1.165) is 10.6 Å². The molecule has 1 N–H and O–H groups in total. The Hall–Kier alpha value is -1.85. The van der Waals surface area contributed by atoms with Crippen molar-refractivity contribution in [2.45, 2.75) is 5.75 Å². The van der Waals surface area contributed by atoms with Crippen LogP contribution in [0.5, 0.6) is 11.5 Å². The summed E-state index contributed by atoms with van der Waals surface area (Å²) in [5.41, 5.74) is 1.61. The van der Waals surface area contributed by atoms with Crippen molar-refractivity contribution in [2.75, 3.05) is 25.3 Å². The molecule has 0 aromatic heterocycles. The molecule has 0 spiro atoms. The lowest BCUT2D eigenvalue weighted by molar-refractivity contribution is -0.113. The average Bonchev–Trinajstić information content (AvgIpc) is 2.56. The van der Waals surface area contributed by atoms with E-state index in [1.165, 1.54) is 11.8 Å². The number of hydrogen-bond donors (Lipinski definition) is 1. The second-order valence-corrected chi connectivity index (χ2v) is 6.09. The first-order chi connectivity index (χ1) is 11.1. The molecular formula is C17H18ClNO3S. The largest absolute Gasteiger partial charge is 0.497 e. The summed E-state index contributed by atoms with van der Waals surface area (Å²) in [6, 6.07) is 12.9. The molecule has 0 aliphatic rings. The normalized spacial score (nSPS) is 10.2. The number of halogens is 1. The predicted octanol–water partition coefficient (Wildman–Crippen LogP) is 4.23. The first-order valence-electron chi connectivity index (χ1n) is 6.97. The minimum Gasteiger partial charge on any atom is -0.497 e. The molecule has 6 heteroatoms. The zero-order valence-electron chi connectivity index (χ0n) is 13.0. The van der Waals surface area contributed by atoms with Gasteiger partial charge < -0.3 is 14.8 Å². The van der Waals surface area contributed by atoms with Gasteiger partial charge in [-0.05, 0) is 23.8 Å². The van der Waals surface area contributed by atoms with E-state index >= 15 is 0 Å². The third kappa shape index (κ3) is 5.08. The Morgan fingerprint density at radius 3 is 2.65 bits per heavy atom. The van der Waals surface area contributed by atoms with E-state index in [2.05, 4.69) is 5.32 Å². The number of nitrogens with one attached hydrogen (secondary N) is 1. The standard InChI is InChI=1S/C17H18ClNO3S/c1-21-13-7-8-16(22-2)15(9-13)19-17(20)11-23-10-12-5-3-4-6-14(12)18/h3-9H,10-11H2,1-2H3,(H,19,20). The topological polar surface area (TPSA) is 47.6 Å². The lowest BCUT2D eigenvalue weighted by Gasteiger charge is -2.11. The second-order valence-electron chi connectivity index (χ2n) is 4.70. The Bertz CT molecular complexity index is 679. The van der Waals surface area contributed by atoms with Crippen LogP contribution in [0, 0.1) is 0 Å². The molecule has 0 saturated carbocycles. The SMILES string of the molecule is COc1ccc(OC)c(NC(=O)CSCc2ccccc2Cl)c1. The van der Waals surface area contributed by atoms with Gasteiger partial charge in [-0.1, -0.05) is 29.8 Å². The predicted molar refractivity (Wildman–Crippen MR) is 95.8 cm³/mol. The first-order valence-corrected chi connectivity index (χ1v) is 8.50. The first kappa shape index (κ1) is 17.5. The molecule has 1 amide bonds. The average molecular weight is 352 g/mol. The number of anilines is 1. The zero-order chi connectivity index (χ0) is 16.7. The molecule has 0 unspecified atom stereocenters. The number of amides is 1. The zero-order valence-corrected chi connectivity index (χ0v) is 14.5. The molecular weight excluding hydrogens is 334 g/mol. The molecule has 0 bridgehead atoms. The number of thioether (sulfide) groups is 1. The molecule has 0 atom stereocenters. The third-order valence-electron chi connectivity index (χ3n) is 3.13. The lowest BCUT2D eigenvalue weighted by Crippen LogP contribution is -2.15. The summed E-state index contributed by atoms with van der Waals surface area (Å²) < 4.78 is 10.4. The molecule has 0 radical (unpaired) electrons. The van der Waals surface area contributed by atoms with Crippen molar-refractivity contribution in [3.8, 4) is 11.5 Å². The molecule has 23 heavy (non-hydrogen) atoms. The minimum absolute atomic E-state index is 0.103. The Labute approximate surface area is 145 Å². The molecule has 2 rings (SSSR count). The molecule has 0 aliphatic carbocycles. The van der Waals surface area contributed by atoms with Gasteiger partial charge in [0.2, 0.25) is 5.91 Å². The van der Waals surface area contributed by atoms with Crippen molar-refractivity contribution in [3.63, 3.8) is 0 Å². The second kappa shape index (κ2) is 8.70. The van der Waals surface area contributed by atoms with Gasteiger partial charge in [-0.15, -0.1) is 11.8 Å². The monoisotopic (exact) mass is 351 g/mol. The molecule has 2 aromatic rings. The summed E-state index contributed by atoms with van der Waals surface area (Å²) in [4.78, 5) is 12.1. The lowest BCUT2D eigenvalue weighted by atomic mass is 10.2. The fourth-order valence-corrected chi connectivity index (χ4v) is 3.08.